The van der Waals surface area contributed by atoms with Crippen molar-refractivity contribution in [3.63, 3.8) is 0 Å². The Morgan fingerprint density at radius 2 is 1.57 bits per heavy atom. The second-order valence-electron chi connectivity index (χ2n) is 6.77. The highest BCUT2D eigenvalue weighted by atomic mass is 16.2. The van der Waals surface area contributed by atoms with Gasteiger partial charge in [-0.2, -0.15) is 0 Å². The van der Waals surface area contributed by atoms with Crippen molar-refractivity contribution >= 4 is 11.9 Å². The number of guanidine groups is 1. The minimum absolute atomic E-state index is 0.0731. The second-order valence-corrected chi connectivity index (χ2v) is 6.77. The van der Waals surface area contributed by atoms with Crippen LogP contribution in [0.15, 0.2) is 90.2 Å². The van der Waals surface area contributed by atoms with Crippen molar-refractivity contribution in [3.05, 3.63) is 102 Å². The molecule has 2 heterocycles. The monoisotopic (exact) mass is 370 g/mol. The largest absolute Gasteiger partial charge is 0.344 e. The predicted molar refractivity (Wildman–Crippen MR) is 110 cm³/mol. The van der Waals surface area contributed by atoms with Crippen LogP contribution in [0.3, 0.4) is 0 Å². The Labute approximate surface area is 165 Å². The average molecular weight is 370 g/mol. The van der Waals surface area contributed by atoms with Crippen LogP contribution in [0.5, 0.6) is 0 Å². The molecule has 1 fully saturated rings. The summed E-state index contributed by atoms with van der Waals surface area (Å²) in [6.07, 6.45) is 3.27. The van der Waals surface area contributed by atoms with Crippen molar-refractivity contribution < 1.29 is 4.79 Å². The molecule has 1 aliphatic rings. The normalized spacial score (nSPS) is 15.4. The third-order valence-electron chi connectivity index (χ3n) is 4.87. The van der Waals surface area contributed by atoms with Gasteiger partial charge in [0.1, 0.15) is 6.04 Å². The van der Waals surface area contributed by atoms with Crippen LogP contribution in [0.4, 0.5) is 0 Å². The molecule has 3 aromatic rings. The number of carbonyl (C=O) groups excluding carboxylic acids is 1. The van der Waals surface area contributed by atoms with E-state index in [1.165, 1.54) is 0 Å². The van der Waals surface area contributed by atoms with Gasteiger partial charge in [0, 0.05) is 32.5 Å². The molecule has 0 saturated carbocycles. The Kier molecular flexibility index (Phi) is 5.15. The van der Waals surface area contributed by atoms with Crippen LogP contribution in [-0.2, 0) is 0 Å². The smallest absolute Gasteiger partial charge is 0.262 e. The molecule has 0 unspecified atom stereocenters. The van der Waals surface area contributed by atoms with E-state index in [4.69, 9.17) is 4.99 Å². The van der Waals surface area contributed by atoms with Crippen molar-refractivity contribution in [1.82, 2.24) is 14.8 Å². The van der Waals surface area contributed by atoms with Crippen molar-refractivity contribution in [3.8, 4) is 0 Å². The molecule has 1 saturated heterocycles. The third-order valence-corrected chi connectivity index (χ3v) is 4.87. The number of pyridine rings is 1. The highest BCUT2D eigenvalue weighted by Crippen LogP contribution is 2.27. The fourth-order valence-corrected chi connectivity index (χ4v) is 3.39. The van der Waals surface area contributed by atoms with Crippen LogP contribution < -0.4 is 0 Å². The van der Waals surface area contributed by atoms with E-state index < -0.39 is 0 Å². The van der Waals surface area contributed by atoms with Crippen LogP contribution >= 0.6 is 0 Å². The molecule has 1 aliphatic heterocycles. The molecule has 5 nitrogen and oxygen atoms in total. The maximum atomic E-state index is 13.0. The first-order chi connectivity index (χ1) is 13.7. The summed E-state index contributed by atoms with van der Waals surface area (Å²) in [5.41, 5.74) is 2.76. The molecule has 0 atom stereocenters. The molecule has 0 aliphatic carbocycles. The van der Waals surface area contributed by atoms with Gasteiger partial charge in [-0.05, 0) is 23.3 Å². The number of carbonyl (C=O) groups is 1. The highest BCUT2D eigenvalue weighted by Gasteiger charge is 2.31. The summed E-state index contributed by atoms with van der Waals surface area (Å²) < 4.78 is 0. The lowest BCUT2D eigenvalue weighted by atomic mass is 9.99. The Hall–Kier alpha value is -3.47. The van der Waals surface area contributed by atoms with Gasteiger partial charge < -0.3 is 4.90 Å². The lowest BCUT2D eigenvalue weighted by Gasteiger charge is -2.22. The van der Waals surface area contributed by atoms with E-state index in [0.717, 1.165) is 17.7 Å². The standard InChI is InChI=1S/C23H22N4O/c1-26-15-16-27(22(28)20-13-8-14-24-17-20)23(26)25-21(18-9-4-2-5-10-18)19-11-6-3-7-12-19/h2-14,17,21H,15-16H2,1H3. The second kappa shape index (κ2) is 8.05. The number of benzene rings is 2. The van der Waals surface area contributed by atoms with E-state index in [1.54, 1.807) is 29.4 Å². The van der Waals surface area contributed by atoms with Gasteiger partial charge in [0.2, 0.25) is 5.96 Å². The van der Waals surface area contributed by atoms with E-state index in [9.17, 15) is 4.79 Å². The maximum Gasteiger partial charge on any atom is 0.262 e. The molecule has 0 bridgehead atoms. The molecule has 1 amide bonds. The molecule has 5 heteroatoms. The zero-order valence-corrected chi connectivity index (χ0v) is 15.8. The summed E-state index contributed by atoms with van der Waals surface area (Å²) in [7, 11) is 1.97. The molecular weight excluding hydrogens is 348 g/mol. The molecule has 0 N–H and O–H groups in total. The van der Waals surface area contributed by atoms with Gasteiger partial charge in [0.15, 0.2) is 0 Å². The molecule has 2 aromatic carbocycles. The topological polar surface area (TPSA) is 48.8 Å². The van der Waals surface area contributed by atoms with Crippen LogP contribution in [-0.4, -0.2) is 46.8 Å². The fraction of sp³-hybridized carbons (Fsp3) is 0.174. The first-order valence-corrected chi connectivity index (χ1v) is 9.35. The summed E-state index contributed by atoms with van der Waals surface area (Å²) in [5.74, 6) is 0.614. The van der Waals surface area contributed by atoms with Gasteiger partial charge in [0.05, 0.1) is 5.56 Å². The van der Waals surface area contributed by atoms with Crippen molar-refractivity contribution in [2.45, 2.75) is 6.04 Å². The van der Waals surface area contributed by atoms with Crippen LogP contribution in [0.2, 0.25) is 0 Å². The van der Waals surface area contributed by atoms with E-state index in [0.29, 0.717) is 18.1 Å². The number of aliphatic imine (C=N–C) groups is 1. The lowest BCUT2D eigenvalue weighted by molar-refractivity contribution is 0.0857. The molecule has 4 rings (SSSR count). The fourth-order valence-electron chi connectivity index (χ4n) is 3.39. The summed E-state index contributed by atoms with van der Waals surface area (Å²) in [5, 5.41) is 0. The van der Waals surface area contributed by atoms with Crippen molar-refractivity contribution in [1.29, 1.82) is 0 Å². The first-order valence-electron chi connectivity index (χ1n) is 9.35. The zero-order chi connectivity index (χ0) is 19.3. The third kappa shape index (κ3) is 3.64. The molecule has 0 radical (unpaired) electrons. The zero-order valence-electron chi connectivity index (χ0n) is 15.8. The van der Waals surface area contributed by atoms with Gasteiger partial charge in [-0.1, -0.05) is 60.7 Å². The SMILES string of the molecule is CN1CCN(C(=O)c2cccnc2)C1=NC(c1ccccc1)c1ccccc1. The summed E-state index contributed by atoms with van der Waals surface area (Å²) in [6.45, 7) is 1.36. The molecule has 0 spiro atoms. The number of rotatable bonds is 4. The van der Waals surface area contributed by atoms with E-state index in [-0.39, 0.29) is 11.9 Å². The number of amides is 1. The number of aromatic nitrogens is 1. The summed E-state index contributed by atoms with van der Waals surface area (Å²) in [4.78, 5) is 25.9. The maximum absolute atomic E-state index is 13.0. The average Bonchev–Trinajstić information content (AvgIpc) is 3.13. The quantitative estimate of drug-likeness (QED) is 0.705. The molecular formula is C23H22N4O. The minimum Gasteiger partial charge on any atom is -0.344 e. The first kappa shape index (κ1) is 17.9. The Morgan fingerprint density at radius 3 is 2.14 bits per heavy atom. The number of likely N-dealkylation sites (N-methyl/N-ethyl adjacent to an activating group) is 1. The molecule has 140 valence electrons. The van der Waals surface area contributed by atoms with E-state index >= 15 is 0 Å². The predicted octanol–water partition coefficient (Wildman–Crippen LogP) is 3.61. The van der Waals surface area contributed by atoms with Gasteiger partial charge in [0.25, 0.3) is 5.91 Å². The molecule has 1 aromatic heterocycles. The van der Waals surface area contributed by atoms with Gasteiger partial charge in [-0.15, -0.1) is 0 Å². The van der Waals surface area contributed by atoms with Crippen LogP contribution in [0.25, 0.3) is 0 Å². The van der Waals surface area contributed by atoms with Crippen molar-refractivity contribution in [2.75, 3.05) is 20.1 Å². The van der Waals surface area contributed by atoms with Gasteiger partial charge in [-0.25, -0.2) is 4.99 Å². The van der Waals surface area contributed by atoms with E-state index in [1.807, 2.05) is 48.3 Å². The molecule has 28 heavy (non-hydrogen) atoms. The van der Waals surface area contributed by atoms with Gasteiger partial charge >= 0.3 is 0 Å². The van der Waals surface area contributed by atoms with Crippen molar-refractivity contribution in [2.24, 2.45) is 4.99 Å². The lowest BCUT2D eigenvalue weighted by Crippen LogP contribution is -2.37. The summed E-state index contributed by atoms with van der Waals surface area (Å²) >= 11 is 0. The van der Waals surface area contributed by atoms with Gasteiger partial charge in [-0.3, -0.25) is 14.7 Å². The number of hydrogen-bond donors (Lipinski definition) is 0. The summed E-state index contributed by atoms with van der Waals surface area (Å²) in [6, 6.07) is 23.7. The minimum atomic E-state index is -0.179. The van der Waals surface area contributed by atoms with E-state index in [2.05, 4.69) is 29.2 Å². The Morgan fingerprint density at radius 1 is 0.929 bits per heavy atom. The Balaban J connectivity index is 1.74. The highest BCUT2D eigenvalue weighted by molar-refractivity contribution is 6.06. The number of nitrogens with zero attached hydrogens (tertiary/aromatic N) is 4. The van der Waals surface area contributed by atoms with Crippen LogP contribution in [0.1, 0.15) is 27.5 Å². The van der Waals surface area contributed by atoms with Crippen LogP contribution in [0, 0.1) is 0 Å². The Bertz CT molecular complexity index is 918. The number of hydrogen-bond acceptors (Lipinski definition) is 3.